The van der Waals surface area contributed by atoms with Crippen molar-refractivity contribution >= 4 is 18.0 Å². The summed E-state index contributed by atoms with van der Waals surface area (Å²) >= 11 is 0. The molecule has 0 bridgehead atoms. The van der Waals surface area contributed by atoms with Crippen molar-refractivity contribution in [3.05, 3.63) is 0 Å². The summed E-state index contributed by atoms with van der Waals surface area (Å²) in [6, 6.07) is 0. The third kappa shape index (κ3) is 2.07. The van der Waals surface area contributed by atoms with Crippen molar-refractivity contribution in [2.24, 2.45) is 0 Å². The summed E-state index contributed by atoms with van der Waals surface area (Å²) in [7, 11) is 0. The second-order valence-corrected chi connectivity index (χ2v) is 1.10. The van der Waals surface area contributed by atoms with Crippen LogP contribution in [0.25, 0.3) is 0 Å². The lowest BCUT2D eigenvalue weighted by molar-refractivity contribution is -0.149. The average Bonchev–Trinajstić information content (AvgIpc) is 1.67. The number of carboxylic acids is 1. The topological polar surface area (TPSA) is 71.4 Å². The number of rotatable bonds is 3. The molecule has 0 saturated carbocycles. The zero-order chi connectivity index (χ0) is 6.57. The van der Waals surface area contributed by atoms with E-state index in [1.807, 2.05) is 0 Å². The van der Waals surface area contributed by atoms with Crippen LogP contribution in [-0.4, -0.2) is 23.1 Å². The fraction of sp³-hybridized carbons (Fsp3) is 0.250. The quantitative estimate of drug-likeness (QED) is 0.298. The van der Waals surface area contributed by atoms with E-state index < -0.39 is 18.2 Å². The maximum atomic E-state index is 9.91. The fourth-order valence-electron chi connectivity index (χ4n) is 0.163. The van der Waals surface area contributed by atoms with Crippen molar-refractivity contribution in [1.82, 2.24) is 0 Å². The number of carboxylic acid groups (broad SMARTS) is 1. The maximum absolute atomic E-state index is 9.91. The van der Waals surface area contributed by atoms with E-state index in [2.05, 4.69) is 0 Å². The van der Waals surface area contributed by atoms with Gasteiger partial charge in [0.1, 0.15) is 6.29 Å². The minimum absolute atomic E-state index is 0.260. The summed E-state index contributed by atoms with van der Waals surface area (Å²) in [5.74, 6) is -2.63. The highest BCUT2D eigenvalue weighted by atomic mass is 16.4. The van der Waals surface area contributed by atoms with Gasteiger partial charge in [0.25, 0.3) is 0 Å². The van der Waals surface area contributed by atoms with Gasteiger partial charge in [-0.3, -0.25) is 4.79 Å². The summed E-state index contributed by atoms with van der Waals surface area (Å²) < 4.78 is 0. The van der Waals surface area contributed by atoms with Gasteiger partial charge in [-0.05, 0) is 0 Å². The average molecular weight is 116 g/mol. The molecule has 0 amide bonds. The monoisotopic (exact) mass is 116 g/mol. The molecule has 0 heterocycles. The molecule has 0 spiro atoms. The Kier molecular flexibility index (Phi) is 2.47. The van der Waals surface area contributed by atoms with Gasteiger partial charge in [0.2, 0.25) is 5.78 Å². The smallest absolute Gasteiger partial charge is 0.372 e. The normalized spacial score (nSPS) is 8.00. The Balaban J connectivity index is 3.65. The zero-order valence-electron chi connectivity index (χ0n) is 3.96. The van der Waals surface area contributed by atoms with E-state index in [4.69, 9.17) is 5.11 Å². The second kappa shape index (κ2) is 2.90. The van der Waals surface area contributed by atoms with Crippen LogP contribution in [-0.2, 0) is 14.4 Å². The van der Waals surface area contributed by atoms with Crippen LogP contribution >= 0.6 is 0 Å². The minimum atomic E-state index is -1.56. The number of carbonyl (C=O) groups is 3. The standard InChI is InChI=1S/C4H4O4/c5-2-1-3(6)4(7)8/h2H,1H2,(H,7,8). The SMILES string of the molecule is O=CCC(=O)C(=O)O. The van der Waals surface area contributed by atoms with Crippen molar-refractivity contribution in [2.45, 2.75) is 6.42 Å². The molecule has 0 saturated heterocycles. The summed E-state index contributed by atoms with van der Waals surface area (Å²) in [6.07, 6.45) is -0.272. The molecule has 0 atom stereocenters. The van der Waals surface area contributed by atoms with Crippen molar-refractivity contribution in [3.63, 3.8) is 0 Å². The highest BCUT2D eigenvalue weighted by molar-refractivity contribution is 6.34. The van der Waals surface area contributed by atoms with E-state index in [1.165, 1.54) is 0 Å². The molecule has 0 aromatic carbocycles. The van der Waals surface area contributed by atoms with Gasteiger partial charge < -0.3 is 9.90 Å². The lowest BCUT2D eigenvalue weighted by Gasteiger charge is -1.80. The number of aldehydes is 1. The summed E-state index contributed by atoms with van der Waals surface area (Å²) in [5.41, 5.74) is 0. The molecule has 0 aliphatic carbocycles. The highest BCUT2D eigenvalue weighted by Gasteiger charge is 2.08. The molecular weight excluding hydrogens is 112 g/mol. The number of ketones is 1. The van der Waals surface area contributed by atoms with E-state index in [0.717, 1.165) is 0 Å². The number of hydrogen-bond acceptors (Lipinski definition) is 3. The van der Waals surface area contributed by atoms with Crippen LogP contribution in [0.15, 0.2) is 0 Å². The Hall–Kier alpha value is -1.19. The van der Waals surface area contributed by atoms with Crippen LogP contribution in [0.4, 0.5) is 0 Å². The molecule has 0 unspecified atom stereocenters. The largest absolute Gasteiger partial charge is 0.475 e. The van der Waals surface area contributed by atoms with Crippen LogP contribution in [0.2, 0.25) is 0 Å². The van der Waals surface area contributed by atoms with Gasteiger partial charge in [0, 0.05) is 0 Å². The Bertz CT molecular complexity index is 126. The van der Waals surface area contributed by atoms with Crippen LogP contribution in [0.5, 0.6) is 0 Å². The third-order valence-electron chi connectivity index (χ3n) is 0.507. The number of aliphatic carboxylic acids is 1. The lowest BCUT2D eigenvalue weighted by Crippen LogP contribution is -2.11. The fourth-order valence-corrected chi connectivity index (χ4v) is 0.163. The molecule has 0 rings (SSSR count). The molecule has 0 fully saturated rings. The van der Waals surface area contributed by atoms with Crippen molar-refractivity contribution < 1.29 is 19.5 Å². The van der Waals surface area contributed by atoms with Crippen LogP contribution < -0.4 is 0 Å². The van der Waals surface area contributed by atoms with Gasteiger partial charge in [0.05, 0.1) is 6.42 Å². The molecular formula is C4H4O4. The Labute approximate surface area is 45.1 Å². The van der Waals surface area contributed by atoms with E-state index in [9.17, 15) is 14.4 Å². The van der Waals surface area contributed by atoms with Gasteiger partial charge in [-0.1, -0.05) is 0 Å². The Morgan fingerprint density at radius 1 is 1.50 bits per heavy atom. The second-order valence-electron chi connectivity index (χ2n) is 1.10. The molecule has 0 radical (unpaired) electrons. The van der Waals surface area contributed by atoms with Gasteiger partial charge in [-0.15, -0.1) is 0 Å². The first-order valence-corrected chi connectivity index (χ1v) is 1.88. The molecule has 0 aromatic heterocycles. The molecule has 0 aliphatic heterocycles. The molecule has 4 nitrogen and oxygen atoms in total. The summed E-state index contributed by atoms with van der Waals surface area (Å²) in [6.45, 7) is 0. The highest BCUT2D eigenvalue weighted by Crippen LogP contribution is 1.75. The van der Waals surface area contributed by atoms with Gasteiger partial charge in [0.15, 0.2) is 0 Å². The number of hydrogen-bond donors (Lipinski definition) is 1. The summed E-state index contributed by atoms with van der Waals surface area (Å²) in [5, 5.41) is 7.80. The van der Waals surface area contributed by atoms with Crippen LogP contribution in [0.3, 0.4) is 0 Å². The van der Waals surface area contributed by atoms with Crippen molar-refractivity contribution in [3.8, 4) is 0 Å². The first-order valence-electron chi connectivity index (χ1n) is 1.88. The van der Waals surface area contributed by atoms with Crippen LogP contribution in [0.1, 0.15) is 6.42 Å². The molecule has 8 heavy (non-hydrogen) atoms. The van der Waals surface area contributed by atoms with E-state index >= 15 is 0 Å². The number of carbonyl (C=O) groups excluding carboxylic acids is 2. The predicted molar refractivity (Wildman–Crippen MR) is 23.3 cm³/mol. The molecule has 44 valence electrons. The Morgan fingerprint density at radius 2 is 2.00 bits per heavy atom. The van der Waals surface area contributed by atoms with Gasteiger partial charge in [-0.2, -0.15) is 0 Å². The summed E-state index contributed by atoms with van der Waals surface area (Å²) in [4.78, 5) is 28.9. The first kappa shape index (κ1) is 6.81. The van der Waals surface area contributed by atoms with Gasteiger partial charge in [-0.25, -0.2) is 4.79 Å². The Morgan fingerprint density at radius 3 is 2.12 bits per heavy atom. The van der Waals surface area contributed by atoms with E-state index in [-0.39, 0.29) is 6.29 Å². The predicted octanol–water partition coefficient (Wildman–Crippen LogP) is -0.771. The third-order valence-corrected chi connectivity index (χ3v) is 0.507. The zero-order valence-corrected chi connectivity index (χ0v) is 3.96. The lowest BCUT2D eigenvalue weighted by atomic mass is 10.3. The molecule has 4 heteroatoms. The van der Waals surface area contributed by atoms with Crippen LogP contribution in [0, 0.1) is 0 Å². The molecule has 0 aromatic rings. The number of Topliss-reactive ketones (excluding diaryl/α,β-unsaturated/α-hetero) is 1. The molecule has 1 N–H and O–H groups in total. The van der Waals surface area contributed by atoms with E-state index in [1.54, 1.807) is 0 Å². The maximum Gasteiger partial charge on any atom is 0.372 e. The van der Waals surface area contributed by atoms with Crippen molar-refractivity contribution in [1.29, 1.82) is 0 Å². The van der Waals surface area contributed by atoms with Gasteiger partial charge >= 0.3 is 5.97 Å². The van der Waals surface area contributed by atoms with Crippen molar-refractivity contribution in [2.75, 3.05) is 0 Å². The minimum Gasteiger partial charge on any atom is -0.475 e. The van der Waals surface area contributed by atoms with E-state index in [0.29, 0.717) is 0 Å². The first-order chi connectivity index (χ1) is 3.68. The molecule has 0 aliphatic rings.